The Balaban J connectivity index is 3.03. The largest absolute Gasteiger partial charge is 0.352 e. The summed E-state index contributed by atoms with van der Waals surface area (Å²) in [5, 5.41) is 11.6. The molecule has 4 heteroatoms. The van der Waals surface area contributed by atoms with E-state index in [0.717, 1.165) is 11.1 Å². The third-order valence-corrected chi connectivity index (χ3v) is 2.73. The Bertz CT molecular complexity index is 542. The summed E-state index contributed by atoms with van der Waals surface area (Å²) in [7, 11) is 0. The normalized spacial score (nSPS) is 11.8. The molecule has 100 valence electrons. The number of carbonyl (C=O) groups excluding carboxylic acids is 2. The second-order valence-electron chi connectivity index (χ2n) is 4.91. The van der Waals surface area contributed by atoms with E-state index in [-0.39, 0.29) is 6.04 Å². The minimum Gasteiger partial charge on any atom is -0.352 e. The fourth-order valence-electron chi connectivity index (χ4n) is 1.85. The van der Waals surface area contributed by atoms with Crippen molar-refractivity contribution in [3.8, 4) is 6.07 Å². The third-order valence-electron chi connectivity index (χ3n) is 2.73. The van der Waals surface area contributed by atoms with Gasteiger partial charge in [0.1, 0.15) is 0 Å². The SMILES string of the molecule is Cc1ccc(C(=O)[C@@H](C#N)C(=O)NC(C)C)c(C)c1. The first-order chi connectivity index (χ1) is 8.86. The first-order valence-electron chi connectivity index (χ1n) is 6.18. The zero-order valence-electron chi connectivity index (χ0n) is 11.7. The van der Waals surface area contributed by atoms with Gasteiger partial charge in [0.25, 0.3) is 0 Å². The van der Waals surface area contributed by atoms with E-state index >= 15 is 0 Å². The van der Waals surface area contributed by atoms with Crippen molar-refractivity contribution in [3.63, 3.8) is 0 Å². The first kappa shape index (κ1) is 14.9. The molecule has 1 aromatic carbocycles. The summed E-state index contributed by atoms with van der Waals surface area (Å²) < 4.78 is 0. The molecule has 4 nitrogen and oxygen atoms in total. The molecule has 0 saturated carbocycles. The minimum absolute atomic E-state index is 0.102. The molecule has 0 heterocycles. The Hall–Kier alpha value is -2.15. The number of aryl methyl sites for hydroxylation is 2. The number of ketones is 1. The number of hydrogen-bond acceptors (Lipinski definition) is 3. The van der Waals surface area contributed by atoms with E-state index in [9.17, 15) is 9.59 Å². The number of nitrogens with one attached hydrogen (secondary N) is 1. The fourth-order valence-corrected chi connectivity index (χ4v) is 1.85. The lowest BCUT2D eigenvalue weighted by atomic mass is 9.93. The zero-order valence-corrected chi connectivity index (χ0v) is 11.7. The zero-order chi connectivity index (χ0) is 14.6. The summed E-state index contributed by atoms with van der Waals surface area (Å²) in [5.74, 6) is -2.27. The average Bonchev–Trinajstić information content (AvgIpc) is 2.28. The quantitative estimate of drug-likeness (QED) is 0.664. The number of nitrogens with zero attached hydrogens (tertiary/aromatic N) is 1. The van der Waals surface area contributed by atoms with Gasteiger partial charge in [-0.05, 0) is 33.3 Å². The molecule has 1 N–H and O–H groups in total. The number of benzene rings is 1. The third kappa shape index (κ3) is 3.65. The van der Waals surface area contributed by atoms with Crippen LogP contribution in [0.15, 0.2) is 18.2 Å². The van der Waals surface area contributed by atoms with Crippen LogP contribution in [0.2, 0.25) is 0 Å². The fraction of sp³-hybridized carbons (Fsp3) is 0.400. The van der Waals surface area contributed by atoms with Gasteiger partial charge in [-0.3, -0.25) is 9.59 Å². The van der Waals surface area contributed by atoms with Crippen molar-refractivity contribution < 1.29 is 9.59 Å². The molecule has 0 radical (unpaired) electrons. The van der Waals surface area contributed by atoms with Gasteiger partial charge in [-0.15, -0.1) is 0 Å². The maximum absolute atomic E-state index is 12.2. The molecule has 0 saturated heterocycles. The molecule has 0 spiro atoms. The Morgan fingerprint density at radius 2 is 1.89 bits per heavy atom. The monoisotopic (exact) mass is 258 g/mol. The van der Waals surface area contributed by atoms with Crippen LogP contribution in [0.5, 0.6) is 0 Å². The van der Waals surface area contributed by atoms with Gasteiger partial charge in [0.15, 0.2) is 11.7 Å². The predicted molar refractivity (Wildman–Crippen MR) is 72.6 cm³/mol. The van der Waals surface area contributed by atoms with E-state index in [4.69, 9.17) is 5.26 Å². The van der Waals surface area contributed by atoms with Gasteiger partial charge < -0.3 is 5.32 Å². The molecule has 0 unspecified atom stereocenters. The number of nitriles is 1. The number of amides is 1. The van der Waals surface area contributed by atoms with Crippen molar-refractivity contribution in [3.05, 3.63) is 34.9 Å². The summed E-state index contributed by atoms with van der Waals surface area (Å²) in [5.41, 5.74) is 2.24. The minimum atomic E-state index is -1.29. The summed E-state index contributed by atoms with van der Waals surface area (Å²) in [4.78, 5) is 24.1. The highest BCUT2D eigenvalue weighted by atomic mass is 16.2. The summed E-state index contributed by atoms with van der Waals surface area (Å²) in [6.45, 7) is 7.30. The van der Waals surface area contributed by atoms with Gasteiger partial charge in [0, 0.05) is 11.6 Å². The number of rotatable bonds is 4. The number of hydrogen-bond donors (Lipinski definition) is 1. The summed E-state index contributed by atoms with van der Waals surface area (Å²) in [6.07, 6.45) is 0. The molecule has 1 aromatic rings. The van der Waals surface area contributed by atoms with Crippen LogP contribution in [0.3, 0.4) is 0 Å². The van der Waals surface area contributed by atoms with E-state index in [0.29, 0.717) is 5.56 Å². The molecule has 1 amide bonds. The second-order valence-corrected chi connectivity index (χ2v) is 4.91. The van der Waals surface area contributed by atoms with E-state index < -0.39 is 17.6 Å². The molecular formula is C15H18N2O2. The highest BCUT2D eigenvalue weighted by molar-refractivity contribution is 6.12. The van der Waals surface area contributed by atoms with Gasteiger partial charge in [-0.25, -0.2) is 0 Å². The lowest BCUT2D eigenvalue weighted by Gasteiger charge is -2.13. The van der Waals surface area contributed by atoms with Gasteiger partial charge in [-0.2, -0.15) is 5.26 Å². The lowest BCUT2D eigenvalue weighted by molar-refractivity contribution is -0.122. The van der Waals surface area contributed by atoms with Crippen molar-refractivity contribution >= 4 is 11.7 Å². The van der Waals surface area contributed by atoms with E-state index in [2.05, 4.69) is 5.32 Å². The average molecular weight is 258 g/mol. The molecule has 1 atom stereocenters. The summed E-state index contributed by atoms with van der Waals surface area (Å²) >= 11 is 0. The molecule has 0 aromatic heterocycles. The molecular weight excluding hydrogens is 240 g/mol. The van der Waals surface area contributed by atoms with Crippen molar-refractivity contribution in [1.29, 1.82) is 5.26 Å². The number of carbonyl (C=O) groups is 2. The van der Waals surface area contributed by atoms with E-state index in [1.54, 1.807) is 39.0 Å². The molecule has 0 aliphatic rings. The van der Waals surface area contributed by atoms with Crippen LogP contribution in [0.1, 0.15) is 35.3 Å². The Kier molecular flexibility index (Phi) is 4.82. The van der Waals surface area contributed by atoms with Crippen molar-refractivity contribution in [1.82, 2.24) is 5.32 Å². The number of Topliss-reactive ketones (excluding diaryl/α,β-unsaturated/α-hetero) is 1. The van der Waals surface area contributed by atoms with Crippen molar-refractivity contribution in [2.75, 3.05) is 0 Å². The Labute approximate surface area is 113 Å². The highest BCUT2D eigenvalue weighted by Gasteiger charge is 2.28. The molecule has 0 fully saturated rings. The van der Waals surface area contributed by atoms with E-state index in [1.807, 2.05) is 13.0 Å². The maximum Gasteiger partial charge on any atom is 0.245 e. The molecule has 19 heavy (non-hydrogen) atoms. The topological polar surface area (TPSA) is 70.0 Å². The first-order valence-corrected chi connectivity index (χ1v) is 6.18. The molecule has 1 rings (SSSR count). The molecule has 0 aliphatic carbocycles. The lowest BCUT2D eigenvalue weighted by Crippen LogP contribution is -2.38. The van der Waals surface area contributed by atoms with Crippen LogP contribution >= 0.6 is 0 Å². The second kappa shape index (κ2) is 6.14. The van der Waals surface area contributed by atoms with Crippen LogP contribution in [-0.4, -0.2) is 17.7 Å². The van der Waals surface area contributed by atoms with Gasteiger partial charge >= 0.3 is 0 Å². The maximum atomic E-state index is 12.2. The van der Waals surface area contributed by atoms with Gasteiger partial charge in [0.05, 0.1) is 6.07 Å². The van der Waals surface area contributed by atoms with Crippen LogP contribution in [-0.2, 0) is 4.79 Å². The van der Waals surface area contributed by atoms with Crippen molar-refractivity contribution in [2.24, 2.45) is 5.92 Å². The van der Waals surface area contributed by atoms with Gasteiger partial charge in [-0.1, -0.05) is 23.8 Å². The molecule has 0 aliphatic heterocycles. The van der Waals surface area contributed by atoms with E-state index in [1.165, 1.54) is 0 Å². The summed E-state index contributed by atoms with van der Waals surface area (Å²) in [6, 6.07) is 7.01. The van der Waals surface area contributed by atoms with Crippen LogP contribution in [0.4, 0.5) is 0 Å². The molecule has 0 bridgehead atoms. The highest BCUT2D eigenvalue weighted by Crippen LogP contribution is 2.15. The van der Waals surface area contributed by atoms with Crippen LogP contribution in [0.25, 0.3) is 0 Å². The predicted octanol–water partition coefficient (Wildman–Crippen LogP) is 2.15. The van der Waals surface area contributed by atoms with Crippen LogP contribution < -0.4 is 5.32 Å². The van der Waals surface area contributed by atoms with Crippen molar-refractivity contribution in [2.45, 2.75) is 33.7 Å². The smallest absolute Gasteiger partial charge is 0.245 e. The standard InChI is InChI=1S/C15H18N2O2/c1-9(2)17-15(19)13(8-16)14(18)12-6-5-10(3)7-11(12)4/h5-7,9,13H,1-4H3,(H,17,19)/t13-/m1/s1. The van der Waals surface area contributed by atoms with Gasteiger partial charge in [0.2, 0.25) is 5.91 Å². The Morgan fingerprint density at radius 1 is 1.26 bits per heavy atom. The Morgan fingerprint density at radius 3 is 2.37 bits per heavy atom. The van der Waals surface area contributed by atoms with Crippen LogP contribution in [0, 0.1) is 31.1 Å².